The fourth-order valence-electron chi connectivity index (χ4n) is 1.97. The van der Waals surface area contributed by atoms with E-state index in [2.05, 4.69) is 10.3 Å². The molecule has 3 rings (SSSR count). The van der Waals surface area contributed by atoms with Gasteiger partial charge >= 0.3 is 0 Å². The highest BCUT2D eigenvalue weighted by Gasteiger charge is 2.09. The van der Waals surface area contributed by atoms with E-state index in [1.807, 2.05) is 6.07 Å². The van der Waals surface area contributed by atoms with Gasteiger partial charge in [0.25, 0.3) is 5.91 Å². The van der Waals surface area contributed by atoms with Crippen LogP contribution in [0.3, 0.4) is 0 Å². The summed E-state index contributed by atoms with van der Waals surface area (Å²) in [7, 11) is 0. The summed E-state index contributed by atoms with van der Waals surface area (Å²) in [6.07, 6.45) is 1.78. The molecule has 3 nitrogen and oxygen atoms in total. The zero-order valence-electron chi connectivity index (χ0n) is 10.3. The predicted molar refractivity (Wildman–Crippen MR) is 72.6 cm³/mol. The third-order valence-electron chi connectivity index (χ3n) is 2.99. The van der Waals surface area contributed by atoms with Gasteiger partial charge in [-0.1, -0.05) is 0 Å². The second-order valence-electron chi connectivity index (χ2n) is 4.36. The Balaban J connectivity index is 1.86. The van der Waals surface area contributed by atoms with Crippen LogP contribution in [0.15, 0.2) is 48.7 Å². The van der Waals surface area contributed by atoms with E-state index < -0.39 is 11.6 Å². The van der Waals surface area contributed by atoms with Crippen molar-refractivity contribution in [1.82, 2.24) is 4.98 Å². The molecule has 100 valence electrons. The summed E-state index contributed by atoms with van der Waals surface area (Å²) >= 11 is 0. The third kappa shape index (κ3) is 2.25. The van der Waals surface area contributed by atoms with Gasteiger partial charge in [-0.15, -0.1) is 0 Å². The van der Waals surface area contributed by atoms with Gasteiger partial charge in [-0.05, 0) is 36.4 Å². The average molecular weight is 272 g/mol. The van der Waals surface area contributed by atoms with Crippen LogP contribution in [-0.4, -0.2) is 10.9 Å². The average Bonchev–Trinajstić information content (AvgIpc) is 2.90. The normalized spacial score (nSPS) is 10.7. The SMILES string of the molecule is O=C(Nc1ccc(F)c(F)c1)c1ccc2[nH]ccc2c1. The molecule has 0 unspecified atom stereocenters. The van der Waals surface area contributed by atoms with E-state index in [0.717, 1.165) is 23.0 Å². The van der Waals surface area contributed by atoms with Crippen LogP contribution in [0.25, 0.3) is 10.9 Å². The molecule has 0 radical (unpaired) electrons. The summed E-state index contributed by atoms with van der Waals surface area (Å²) in [6.45, 7) is 0. The van der Waals surface area contributed by atoms with Gasteiger partial charge in [0.05, 0.1) is 0 Å². The molecular formula is C15H10F2N2O. The number of anilines is 1. The lowest BCUT2D eigenvalue weighted by Crippen LogP contribution is -2.12. The Kier molecular flexibility index (Phi) is 2.95. The van der Waals surface area contributed by atoms with Crippen molar-refractivity contribution in [2.75, 3.05) is 5.32 Å². The van der Waals surface area contributed by atoms with Crippen LogP contribution in [0.2, 0.25) is 0 Å². The van der Waals surface area contributed by atoms with Crippen LogP contribution >= 0.6 is 0 Å². The van der Waals surface area contributed by atoms with Gasteiger partial charge in [0.2, 0.25) is 0 Å². The maximum Gasteiger partial charge on any atom is 0.255 e. The molecular weight excluding hydrogens is 262 g/mol. The zero-order valence-corrected chi connectivity index (χ0v) is 10.3. The topological polar surface area (TPSA) is 44.9 Å². The first-order chi connectivity index (χ1) is 9.63. The van der Waals surface area contributed by atoms with E-state index in [1.165, 1.54) is 6.07 Å². The molecule has 0 aliphatic carbocycles. The Morgan fingerprint density at radius 2 is 1.85 bits per heavy atom. The minimum absolute atomic E-state index is 0.211. The van der Waals surface area contributed by atoms with Crippen molar-refractivity contribution >= 4 is 22.5 Å². The van der Waals surface area contributed by atoms with Gasteiger partial charge in [-0.3, -0.25) is 4.79 Å². The van der Waals surface area contributed by atoms with E-state index in [0.29, 0.717) is 5.56 Å². The number of H-pyrrole nitrogens is 1. The lowest BCUT2D eigenvalue weighted by Gasteiger charge is -2.06. The van der Waals surface area contributed by atoms with Gasteiger partial charge < -0.3 is 10.3 Å². The highest BCUT2D eigenvalue weighted by atomic mass is 19.2. The molecule has 0 aliphatic rings. The number of aromatic nitrogens is 1. The van der Waals surface area contributed by atoms with Crippen molar-refractivity contribution in [3.8, 4) is 0 Å². The third-order valence-corrected chi connectivity index (χ3v) is 2.99. The fraction of sp³-hybridized carbons (Fsp3) is 0. The minimum Gasteiger partial charge on any atom is -0.361 e. The lowest BCUT2D eigenvalue weighted by atomic mass is 10.1. The van der Waals surface area contributed by atoms with Gasteiger partial charge in [0, 0.05) is 34.4 Å². The molecule has 1 amide bonds. The molecule has 0 saturated heterocycles. The number of fused-ring (bicyclic) bond motifs is 1. The zero-order chi connectivity index (χ0) is 14.1. The number of aromatic amines is 1. The summed E-state index contributed by atoms with van der Waals surface area (Å²) in [4.78, 5) is 15.1. The van der Waals surface area contributed by atoms with E-state index >= 15 is 0 Å². The van der Waals surface area contributed by atoms with Crippen LogP contribution in [0.5, 0.6) is 0 Å². The largest absolute Gasteiger partial charge is 0.361 e. The molecule has 0 atom stereocenters. The lowest BCUT2D eigenvalue weighted by molar-refractivity contribution is 0.102. The molecule has 20 heavy (non-hydrogen) atoms. The maximum atomic E-state index is 13.1. The first-order valence-electron chi connectivity index (χ1n) is 5.97. The smallest absolute Gasteiger partial charge is 0.255 e. The van der Waals surface area contributed by atoms with Crippen molar-refractivity contribution < 1.29 is 13.6 Å². The van der Waals surface area contributed by atoms with E-state index in [4.69, 9.17) is 0 Å². The molecule has 5 heteroatoms. The standard InChI is InChI=1S/C15H10F2N2O/c16-12-3-2-11(8-13(12)17)19-15(20)10-1-4-14-9(7-10)5-6-18-14/h1-8,18H,(H,19,20). The van der Waals surface area contributed by atoms with Gasteiger partial charge in [0.1, 0.15) is 0 Å². The molecule has 0 aliphatic heterocycles. The van der Waals surface area contributed by atoms with Crippen molar-refractivity contribution in [2.45, 2.75) is 0 Å². The minimum atomic E-state index is -0.996. The van der Waals surface area contributed by atoms with Gasteiger partial charge in [0.15, 0.2) is 11.6 Å². The molecule has 0 spiro atoms. The van der Waals surface area contributed by atoms with E-state index in [9.17, 15) is 13.6 Å². The van der Waals surface area contributed by atoms with E-state index in [1.54, 1.807) is 24.4 Å². The molecule has 2 aromatic carbocycles. The van der Waals surface area contributed by atoms with Crippen molar-refractivity contribution in [2.24, 2.45) is 0 Å². The van der Waals surface area contributed by atoms with Crippen molar-refractivity contribution in [1.29, 1.82) is 0 Å². The number of benzene rings is 2. The van der Waals surface area contributed by atoms with Crippen LogP contribution in [0.4, 0.5) is 14.5 Å². The Hall–Kier alpha value is -2.69. The Bertz CT molecular complexity index is 795. The van der Waals surface area contributed by atoms with Crippen molar-refractivity contribution in [3.05, 3.63) is 65.9 Å². The maximum absolute atomic E-state index is 13.1. The van der Waals surface area contributed by atoms with Crippen LogP contribution in [0.1, 0.15) is 10.4 Å². The molecule has 0 bridgehead atoms. The summed E-state index contributed by atoms with van der Waals surface area (Å²) < 4.78 is 25.9. The number of amides is 1. The summed E-state index contributed by atoms with van der Waals surface area (Å²) in [5, 5.41) is 3.43. The number of rotatable bonds is 2. The summed E-state index contributed by atoms with van der Waals surface area (Å²) in [6, 6.07) is 10.3. The highest BCUT2D eigenvalue weighted by Crippen LogP contribution is 2.17. The number of carbonyl (C=O) groups excluding carboxylic acids is 1. The van der Waals surface area contributed by atoms with Crippen LogP contribution in [0, 0.1) is 11.6 Å². The Morgan fingerprint density at radius 1 is 1.00 bits per heavy atom. The number of halogens is 2. The second kappa shape index (κ2) is 4.77. The Morgan fingerprint density at radius 3 is 2.65 bits per heavy atom. The Labute approximate surface area is 113 Å². The number of hydrogen-bond acceptors (Lipinski definition) is 1. The number of carbonyl (C=O) groups is 1. The predicted octanol–water partition coefficient (Wildman–Crippen LogP) is 3.70. The molecule has 2 N–H and O–H groups in total. The molecule has 0 saturated carbocycles. The van der Waals surface area contributed by atoms with Crippen LogP contribution in [-0.2, 0) is 0 Å². The molecule has 1 heterocycles. The number of hydrogen-bond donors (Lipinski definition) is 2. The summed E-state index contributed by atoms with van der Waals surface area (Å²) in [5.74, 6) is -2.32. The van der Waals surface area contributed by atoms with Gasteiger partial charge in [-0.25, -0.2) is 8.78 Å². The highest BCUT2D eigenvalue weighted by molar-refractivity contribution is 6.06. The van der Waals surface area contributed by atoms with Gasteiger partial charge in [-0.2, -0.15) is 0 Å². The molecule has 0 fully saturated rings. The quantitative estimate of drug-likeness (QED) is 0.734. The monoisotopic (exact) mass is 272 g/mol. The van der Waals surface area contributed by atoms with Crippen molar-refractivity contribution in [3.63, 3.8) is 0 Å². The first kappa shape index (κ1) is 12.3. The van der Waals surface area contributed by atoms with E-state index in [-0.39, 0.29) is 11.6 Å². The number of nitrogens with one attached hydrogen (secondary N) is 2. The fourth-order valence-corrected chi connectivity index (χ4v) is 1.97. The molecule has 3 aromatic rings. The molecule has 1 aromatic heterocycles. The summed E-state index contributed by atoms with van der Waals surface area (Å²) in [5.41, 5.74) is 1.58. The first-order valence-corrected chi connectivity index (χ1v) is 5.97. The van der Waals surface area contributed by atoms with Crippen LogP contribution < -0.4 is 5.32 Å². The second-order valence-corrected chi connectivity index (χ2v) is 4.36.